The Morgan fingerprint density at radius 3 is 3.04 bits per heavy atom. The molecule has 23 heavy (non-hydrogen) atoms. The first-order chi connectivity index (χ1) is 11.2. The first-order valence-electron chi connectivity index (χ1n) is 8.55. The summed E-state index contributed by atoms with van der Waals surface area (Å²) in [6, 6.07) is 8.98. The molecule has 4 rings (SSSR count). The van der Waals surface area contributed by atoms with Crippen LogP contribution in [0.5, 0.6) is 0 Å². The lowest BCUT2D eigenvalue weighted by molar-refractivity contribution is -0.134. The first kappa shape index (κ1) is 14.5. The number of hydrogen-bond acceptors (Lipinski definition) is 2. The zero-order chi connectivity index (χ0) is 15.8. The van der Waals surface area contributed by atoms with Gasteiger partial charge in [-0.05, 0) is 37.7 Å². The largest absolute Gasteiger partial charge is 0.340 e. The molecule has 3 unspecified atom stereocenters. The summed E-state index contributed by atoms with van der Waals surface area (Å²) in [5.74, 6) is 0.968. The van der Waals surface area contributed by atoms with Crippen molar-refractivity contribution in [3.05, 3.63) is 54.1 Å². The lowest BCUT2D eigenvalue weighted by Crippen LogP contribution is -2.41. The summed E-state index contributed by atoms with van der Waals surface area (Å²) in [5.41, 5.74) is 2.60. The quantitative estimate of drug-likeness (QED) is 0.873. The molecule has 4 nitrogen and oxygen atoms in total. The summed E-state index contributed by atoms with van der Waals surface area (Å²) in [5, 5.41) is 0. The van der Waals surface area contributed by atoms with Gasteiger partial charge in [-0.25, -0.2) is 4.98 Å². The van der Waals surface area contributed by atoms with E-state index >= 15 is 0 Å². The molecule has 4 heteroatoms. The Bertz CT molecular complexity index is 694. The van der Waals surface area contributed by atoms with Gasteiger partial charge in [-0.3, -0.25) is 4.79 Å². The number of nitrogens with zero attached hydrogens (tertiary/aromatic N) is 3. The first-order valence-corrected chi connectivity index (χ1v) is 8.55. The number of rotatable bonds is 3. The number of piperidine rings is 1. The van der Waals surface area contributed by atoms with Crippen molar-refractivity contribution < 1.29 is 4.79 Å². The van der Waals surface area contributed by atoms with Crippen molar-refractivity contribution in [1.82, 2.24) is 14.5 Å². The molecule has 120 valence electrons. The second-order valence-electron chi connectivity index (χ2n) is 6.95. The Balaban J connectivity index is 1.42. The molecule has 0 N–H and O–H groups in total. The molecule has 2 aromatic rings. The van der Waals surface area contributed by atoms with E-state index in [0.29, 0.717) is 17.9 Å². The van der Waals surface area contributed by atoms with E-state index < -0.39 is 0 Å². The third kappa shape index (κ3) is 2.90. The predicted octanol–water partition coefficient (Wildman–Crippen LogP) is 3.16. The van der Waals surface area contributed by atoms with Gasteiger partial charge < -0.3 is 9.47 Å². The summed E-state index contributed by atoms with van der Waals surface area (Å²) in [7, 11) is 0. The topological polar surface area (TPSA) is 38.1 Å². The normalized spacial score (nSPS) is 27.0. The standard InChI is InChI=1S/C19H23N3O/c1-14-4-2-5-15(10-14)17-11-18(17)19(23)21-8-3-6-16(12-21)22-9-7-20-13-22/h2,4-5,7,9-10,13,16-18H,3,6,8,11-12H2,1H3. The average Bonchev–Trinajstić information content (AvgIpc) is 3.19. The van der Waals surface area contributed by atoms with Crippen molar-refractivity contribution in [3.8, 4) is 0 Å². The smallest absolute Gasteiger partial charge is 0.226 e. The fourth-order valence-electron chi connectivity index (χ4n) is 3.86. The van der Waals surface area contributed by atoms with Crippen LogP contribution >= 0.6 is 0 Å². The Labute approximate surface area is 137 Å². The fourth-order valence-corrected chi connectivity index (χ4v) is 3.86. The van der Waals surface area contributed by atoms with Gasteiger partial charge in [0, 0.05) is 31.4 Å². The number of imidazole rings is 1. The summed E-state index contributed by atoms with van der Waals surface area (Å²) >= 11 is 0. The van der Waals surface area contributed by atoms with Crippen LogP contribution in [-0.2, 0) is 4.79 Å². The maximum atomic E-state index is 12.8. The van der Waals surface area contributed by atoms with Gasteiger partial charge in [0.2, 0.25) is 5.91 Å². The van der Waals surface area contributed by atoms with E-state index in [9.17, 15) is 4.79 Å². The van der Waals surface area contributed by atoms with Crippen LogP contribution in [0.3, 0.4) is 0 Å². The molecule has 1 saturated heterocycles. The number of benzene rings is 1. The molecular formula is C19H23N3O. The molecule has 1 aliphatic heterocycles. The van der Waals surface area contributed by atoms with Gasteiger partial charge in [-0.2, -0.15) is 0 Å². The van der Waals surface area contributed by atoms with Gasteiger partial charge in [0.05, 0.1) is 12.4 Å². The van der Waals surface area contributed by atoms with Crippen LogP contribution in [0.15, 0.2) is 43.0 Å². The highest BCUT2D eigenvalue weighted by Crippen LogP contribution is 2.49. The molecule has 0 radical (unpaired) electrons. The van der Waals surface area contributed by atoms with Gasteiger partial charge >= 0.3 is 0 Å². The lowest BCUT2D eigenvalue weighted by Gasteiger charge is -2.33. The molecule has 2 heterocycles. The van der Waals surface area contributed by atoms with E-state index in [-0.39, 0.29) is 5.92 Å². The Kier molecular flexibility index (Phi) is 3.68. The summed E-state index contributed by atoms with van der Waals surface area (Å²) < 4.78 is 2.14. The molecule has 1 saturated carbocycles. The summed E-state index contributed by atoms with van der Waals surface area (Å²) in [6.07, 6.45) is 8.91. The number of carbonyl (C=O) groups excluding carboxylic acids is 1. The minimum atomic E-state index is 0.193. The van der Waals surface area contributed by atoms with Gasteiger partial charge in [0.25, 0.3) is 0 Å². The highest BCUT2D eigenvalue weighted by Gasteiger charge is 2.46. The van der Waals surface area contributed by atoms with E-state index in [1.54, 1.807) is 0 Å². The monoisotopic (exact) mass is 309 g/mol. The third-order valence-corrected chi connectivity index (χ3v) is 5.23. The summed E-state index contributed by atoms with van der Waals surface area (Å²) in [6.45, 7) is 3.84. The molecule has 1 aliphatic carbocycles. The maximum absolute atomic E-state index is 12.8. The van der Waals surface area contributed by atoms with E-state index in [4.69, 9.17) is 0 Å². The summed E-state index contributed by atoms with van der Waals surface area (Å²) in [4.78, 5) is 19.1. The third-order valence-electron chi connectivity index (χ3n) is 5.23. The number of carbonyl (C=O) groups is 1. The highest BCUT2D eigenvalue weighted by molar-refractivity contribution is 5.83. The highest BCUT2D eigenvalue weighted by atomic mass is 16.2. The van der Waals surface area contributed by atoms with Crippen LogP contribution < -0.4 is 0 Å². The zero-order valence-electron chi connectivity index (χ0n) is 13.6. The van der Waals surface area contributed by atoms with Crippen LogP contribution in [-0.4, -0.2) is 33.4 Å². The number of hydrogen-bond donors (Lipinski definition) is 0. The van der Waals surface area contributed by atoms with E-state index in [0.717, 1.165) is 32.4 Å². The SMILES string of the molecule is Cc1cccc(C2CC2C(=O)N2CCCC(n3ccnc3)C2)c1. The van der Waals surface area contributed by atoms with Crippen molar-refractivity contribution in [3.63, 3.8) is 0 Å². The second kappa shape index (κ2) is 5.84. The molecule has 1 amide bonds. The van der Waals surface area contributed by atoms with Crippen molar-refractivity contribution in [2.24, 2.45) is 5.92 Å². The second-order valence-corrected chi connectivity index (χ2v) is 6.95. The Morgan fingerprint density at radius 2 is 2.26 bits per heavy atom. The van der Waals surface area contributed by atoms with Crippen molar-refractivity contribution in [2.75, 3.05) is 13.1 Å². The minimum Gasteiger partial charge on any atom is -0.340 e. The van der Waals surface area contributed by atoms with E-state index in [1.165, 1.54) is 11.1 Å². The molecule has 1 aromatic heterocycles. The Morgan fingerprint density at radius 1 is 1.35 bits per heavy atom. The molecule has 0 bridgehead atoms. The van der Waals surface area contributed by atoms with Crippen molar-refractivity contribution in [2.45, 2.75) is 38.1 Å². The van der Waals surface area contributed by atoms with Crippen LogP contribution in [0.25, 0.3) is 0 Å². The lowest BCUT2D eigenvalue weighted by atomic mass is 10.0. The zero-order valence-corrected chi connectivity index (χ0v) is 13.6. The van der Waals surface area contributed by atoms with Crippen LogP contribution in [0.1, 0.15) is 42.3 Å². The number of likely N-dealkylation sites (tertiary alicyclic amines) is 1. The van der Waals surface area contributed by atoms with Gasteiger partial charge in [0.15, 0.2) is 0 Å². The molecular weight excluding hydrogens is 286 g/mol. The predicted molar refractivity (Wildman–Crippen MR) is 89.1 cm³/mol. The molecule has 2 aliphatic rings. The van der Waals surface area contributed by atoms with Crippen molar-refractivity contribution in [1.29, 1.82) is 0 Å². The number of aryl methyl sites for hydroxylation is 1. The minimum absolute atomic E-state index is 0.193. The maximum Gasteiger partial charge on any atom is 0.226 e. The van der Waals surface area contributed by atoms with Crippen LogP contribution in [0.4, 0.5) is 0 Å². The van der Waals surface area contributed by atoms with Gasteiger partial charge in [-0.1, -0.05) is 29.8 Å². The molecule has 2 fully saturated rings. The fraction of sp³-hybridized carbons (Fsp3) is 0.474. The van der Waals surface area contributed by atoms with E-state index in [2.05, 4.69) is 45.6 Å². The molecule has 3 atom stereocenters. The Hall–Kier alpha value is -2.10. The number of amides is 1. The number of aromatic nitrogens is 2. The average molecular weight is 309 g/mol. The molecule has 1 aromatic carbocycles. The van der Waals surface area contributed by atoms with E-state index in [1.807, 2.05) is 18.7 Å². The van der Waals surface area contributed by atoms with Gasteiger partial charge in [-0.15, -0.1) is 0 Å². The molecule has 0 spiro atoms. The van der Waals surface area contributed by atoms with Gasteiger partial charge in [0.1, 0.15) is 0 Å². The van der Waals surface area contributed by atoms with Crippen LogP contribution in [0, 0.1) is 12.8 Å². The van der Waals surface area contributed by atoms with Crippen molar-refractivity contribution >= 4 is 5.91 Å². The van der Waals surface area contributed by atoms with Crippen LogP contribution in [0.2, 0.25) is 0 Å².